The molecule has 0 atom stereocenters. The highest BCUT2D eigenvalue weighted by molar-refractivity contribution is 5.83. The SMILES string of the molecule is Cc1ccc2oc(-c3cc(N)nc(N)n3)cc2c1. The molecule has 0 unspecified atom stereocenters. The van der Waals surface area contributed by atoms with Crippen LogP contribution in [0.15, 0.2) is 34.7 Å². The number of anilines is 2. The van der Waals surface area contributed by atoms with Crippen LogP contribution < -0.4 is 11.5 Å². The van der Waals surface area contributed by atoms with Crippen molar-refractivity contribution < 1.29 is 4.42 Å². The molecule has 0 aliphatic carbocycles. The fraction of sp³-hybridized carbons (Fsp3) is 0.0769. The van der Waals surface area contributed by atoms with Crippen LogP contribution in [0.2, 0.25) is 0 Å². The molecule has 18 heavy (non-hydrogen) atoms. The number of hydrogen-bond donors (Lipinski definition) is 2. The summed E-state index contributed by atoms with van der Waals surface area (Å²) in [6.07, 6.45) is 0. The summed E-state index contributed by atoms with van der Waals surface area (Å²) < 4.78 is 5.72. The molecule has 0 spiro atoms. The maximum Gasteiger partial charge on any atom is 0.222 e. The molecule has 0 saturated heterocycles. The van der Waals surface area contributed by atoms with Gasteiger partial charge in [-0.1, -0.05) is 11.6 Å². The van der Waals surface area contributed by atoms with Gasteiger partial charge in [0.1, 0.15) is 17.1 Å². The van der Waals surface area contributed by atoms with E-state index in [-0.39, 0.29) is 5.95 Å². The van der Waals surface area contributed by atoms with E-state index >= 15 is 0 Å². The topological polar surface area (TPSA) is 91.0 Å². The van der Waals surface area contributed by atoms with Gasteiger partial charge in [-0.05, 0) is 25.1 Å². The lowest BCUT2D eigenvalue weighted by atomic mass is 10.2. The third kappa shape index (κ3) is 1.75. The smallest absolute Gasteiger partial charge is 0.222 e. The van der Waals surface area contributed by atoms with E-state index < -0.39 is 0 Å². The van der Waals surface area contributed by atoms with Crippen molar-refractivity contribution in [3.63, 3.8) is 0 Å². The number of rotatable bonds is 1. The predicted molar refractivity (Wildman–Crippen MR) is 70.8 cm³/mol. The molecule has 3 rings (SSSR count). The van der Waals surface area contributed by atoms with Crippen LogP contribution in [0.1, 0.15) is 5.56 Å². The average Bonchev–Trinajstić information content (AvgIpc) is 2.70. The number of aryl methyl sites for hydroxylation is 1. The Hall–Kier alpha value is -2.56. The molecule has 90 valence electrons. The maximum absolute atomic E-state index is 5.72. The van der Waals surface area contributed by atoms with Gasteiger partial charge in [-0.3, -0.25) is 0 Å². The van der Waals surface area contributed by atoms with E-state index in [1.807, 2.05) is 25.1 Å². The quantitative estimate of drug-likeness (QED) is 0.681. The Balaban J connectivity index is 2.19. The van der Waals surface area contributed by atoms with Gasteiger partial charge in [0.15, 0.2) is 5.76 Å². The van der Waals surface area contributed by atoms with Crippen molar-refractivity contribution in [3.05, 3.63) is 35.9 Å². The lowest BCUT2D eigenvalue weighted by Gasteiger charge is -1.99. The number of furan rings is 1. The second-order valence-electron chi connectivity index (χ2n) is 4.19. The van der Waals surface area contributed by atoms with Crippen molar-refractivity contribution in [2.75, 3.05) is 11.5 Å². The molecule has 3 aromatic rings. The van der Waals surface area contributed by atoms with E-state index in [0.29, 0.717) is 17.3 Å². The largest absolute Gasteiger partial charge is 0.454 e. The molecule has 2 aromatic heterocycles. The second kappa shape index (κ2) is 3.73. The first-order valence-electron chi connectivity index (χ1n) is 5.52. The fourth-order valence-corrected chi connectivity index (χ4v) is 1.90. The van der Waals surface area contributed by atoms with Crippen LogP contribution in [0.5, 0.6) is 0 Å². The lowest BCUT2D eigenvalue weighted by molar-refractivity contribution is 0.628. The van der Waals surface area contributed by atoms with E-state index in [9.17, 15) is 0 Å². The molecular formula is C13H12N4O. The summed E-state index contributed by atoms with van der Waals surface area (Å²) in [5, 5.41) is 1.03. The van der Waals surface area contributed by atoms with Crippen molar-refractivity contribution >= 4 is 22.7 Å². The number of nitrogens with two attached hydrogens (primary N) is 2. The van der Waals surface area contributed by atoms with Gasteiger partial charge in [0, 0.05) is 11.5 Å². The highest BCUT2D eigenvalue weighted by Crippen LogP contribution is 2.28. The first-order valence-corrected chi connectivity index (χ1v) is 5.52. The van der Waals surface area contributed by atoms with Crippen LogP contribution in [0, 0.1) is 6.92 Å². The van der Waals surface area contributed by atoms with Gasteiger partial charge in [-0.15, -0.1) is 0 Å². The van der Waals surface area contributed by atoms with Crippen molar-refractivity contribution in [2.24, 2.45) is 0 Å². The molecule has 0 aliphatic heterocycles. The van der Waals surface area contributed by atoms with E-state index in [2.05, 4.69) is 16.0 Å². The minimum Gasteiger partial charge on any atom is -0.454 e. The first kappa shape index (κ1) is 10.6. The average molecular weight is 240 g/mol. The van der Waals surface area contributed by atoms with E-state index in [1.54, 1.807) is 6.07 Å². The molecule has 0 aliphatic rings. The fourth-order valence-electron chi connectivity index (χ4n) is 1.90. The Morgan fingerprint density at radius 3 is 2.67 bits per heavy atom. The lowest BCUT2D eigenvalue weighted by Crippen LogP contribution is -2.00. The van der Waals surface area contributed by atoms with Crippen molar-refractivity contribution in [2.45, 2.75) is 6.92 Å². The summed E-state index contributed by atoms with van der Waals surface area (Å²) in [6.45, 7) is 2.03. The second-order valence-corrected chi connectivity index (χ2v) is 4.19. The molecule has 5 heteroatoms. The van der Waals surface area contributed by atoms with E-state index in [1.165, 1.54) is 5.56 Å². The molecule has 0 radical (unpaired) electrons. The van der Waals surface area contributed by atoms with Crippen molar-refractivity contribution in [3.8, 4) is 11.5 Å². The number of nitrogens with zero attached hydrogens (tertiary/aromatic N) is 2. The third-order valence-electron chi connectivity index (χ3n) is 2.69. The summed E-state index contributed by atoms with van der Waals surface area (Å²) in [6, 6.07) is 9.54. The zero-order valence-electron chi connectivity index (χ0n) is 9.84. The molecule has 1 aromatic carbocycles. The Labute approximate surface area is 103 Å². The molecule has 4 N–H and O–H groups in total. The summed E-state index contributed by atoms with van der Waals surface area (Å²) in [5.41, 5.74) is 13.8. The summed E-state index contributed by atoms with van der Waals surface area (Å²) in [4.78, 5) is 7.95. The summed E-state index contributed by atoms with van der Waals surface area (Å²) >= 11 is 0. The van der Waals surface area contributed by atoms with Gasteiger partial charge >= 0.3 is 0 Å². The van der Waals surface area contributed by atoms with Gasteiger partial charge in [0.05, 0.1) is 0 Å². The van der Waals surface area contributed by atoms with Crippen molar-refractivity contribution in [1.82, 2.24) is 9.97 Å². The molecular weight excluding hydrogens is 228 g/mol. The Kier molecular flexibility index (Phi) is 2.19. The van der Waals surface area contributed by atoms with Gasteiger partial charge in [0.25, 0.3) is 0 Å². The van der Waals surface area contributed by atoms with Gasteiger partial charge < -0.3 is 15.9 Å². The van der Waals surface area contributed by atoms with Crippen LogP contribution >= 0.6 is 0 Å². The van der Waals surface area contributed by atoms with E-state index in [0.717, 1.165) is 11.0 Å². The number of hydrogen-bond acceptors (Lipinski definition) is 5. The number of nitrogen functional groups attached to an aromatic ring is 2. The van der Waals surface area contributed by atoms with E-state index in [4.69, 9.17) is 15.9 Å². The van der Waals surface area contributed by atoms with Crippen LogP contribution in [-0.4, -0.2) is 9.97 Å². The highest BCUT2D eigenvalue weighted by atomic mass is 16.3. The Bertz CT molecular complexity index is 713. The van der Waals surface area contributed by atoms with Gasteiger partial charge in [-0.25, -0.2) is 4.98 Å². The Morgan fingerprint density at radius 1 is 1.06 bits per heavy atom. The molecule has 2 heterocycles. The van der Waals surface area contributed by atoms with Gasteiger partial charge in [-0.2, -0.15) is 4.98 Å². The molecule has 0 bridgehead atoms. The Morgan fingerprint density at radius 2 is 1.89 bits per heavy atom. The zero-order chi connectivity index (χ0) is 12.7. The summed E-state index contributed by atoms with van der Waals surface area (Å²) in [7, 11) is 0. The molecule has 0 amide bonds. The van der Waals surface area contributed by atoms with Gasteiger partial charge in [0.2, 0.25) is 5.95 Å². The molecule has 0 fully saturated rings. The zero-order valence-corrected chi connectivity index (χ0v) is 9.84. The minimum atomic E-state index is 0.140. The number of fused-ring (bicyclic) bond motifs is 1. The summed E-state index contributed by atoms with van der Waals surface area (Å²) in [5.74, 6) is 1.10. The number of benzene rings is 1. The van der Waals surface area contributed by atoms with Crippen LogP contribution in [0.25, 0.3) is 22.4 Å². The minimum absolute atomic E-state index is 0.140. The normalized spacial score (nSPS) is 10.9. The third-order valence-corrected chi connectivity index (χ3v) is 2.69. The standard InChI is InChI=1S/C13H12N4O/c1-7-2-3-10-8(4-7)5-11(18-10)9-6-12(14)17-13(15)16-9/h2-6H,1H3,(H4,14,15,16,17). The maximum atomic E-state index is 5.72. The van der Waals surface area contributed by atoms with Crippen LogP contribution in [0.4, 0.5) is 11.8 Å². The molecule has 5 nitrogen and oxygen atoms in total. The number of aromatic nitrogens is 2. The predicted octanol–water partition coefficient (Wildman–Crippen LogP) is 2.36. The first-order chi connectivity index (χ1) is 8.61. The van der Waals surface area contributed by atoms with Crippen molar-refractivity contribution in [1.29, 1.82) is 0 Å². The van der Waals surface area contributed by atoms with Crippen LogP contribution in [-0.2, 0) is 0 Å². The monoisotopic (exact) mass is 240 g/mol. The highest BCUT2D eigenvalue weighted by Gasteiger charge is 2.09. The van der Waals surface area contributed by atoms with Crippen LogP contribution in [0.3, 0.4) is 0 Å². The molecule has 0 saturated carbocycles.